The maximum atomic E-state index is 12.2. The first-order chi connectivity index (χ1) is 11.6. The van der Waals surface area contributed by atoms with E-state index in [9.17, 15) is 9.59 Å². The molecular weight excluding hydrogens is 306 g/mol. The van der Waals surface area contributed by atoms with Crippen LogP contribution in [0.4, 0.5) is 4.79 Å². The molecular formula is C17H27N5O2. The van der Waals surface area contributed by atoms with E-state index in [4.69, 9.17) is 0 Å². The van der Waals surface area contributed by atoms with E-state index in [1.165, 1.54) is 0 Å². The number of urea groups is 1. The molecule has 2 fully saturated rings. The second-order valence-electron chi connectivity index (χ2n) is 6.66. The molecule has 0 radical (unpaired) electrons. The molecule has 1 N–H and O–H groups in total. The summed E-state index contributed by atoms with van der Waals surface area (Å²) in [6, 6.07) is 0.344. The van der Waals surface area contributed by atoms with Crippen LogP contribution in [-0.4, -0.2) is 63.5 Å². The fourth-order valence-electron chi connectivity index (χ4n) is 3.63. The number of rotatable bonds is 5. The molecule has 0 unspecified atom stereocenters. The molecule has 7 nitrogen and oxygen atoms in total. The van der Waals surface area contributed by atoms with Gasteiger partial charge in [0.15, 0.2) is 0 Å². The number of carbonyl (C=O) groups is 2. The van der Waals surface area contributed by atoms with E-state index in [0.717, 1.165) is 57.7 Å². The lowest BCUT2D eigenvalue weighted by Crippen LogP contribution is -2.50. The van der Waals surface area contributed by atoms with Crippen LogP contribution < -0.4 is 5.32 Å². The van der Waals surface area contributed by atoms with Crippen LogP contribution in [-0.2, 0) is 11.3 Å². The van der Waals surface area contributed by atoms with Crippen LogP contribution in [0.1, 0.15) is 37.9 Å². The zero-order valence-electron chi connectivity index (χ0n) is 14.4. The van der Waals surface area contributed by atoms with Crippen molar-refractivity contribution in [2.24, 2.45) is 0 Å². The molecule has 0 aliphatic carbocycles. The van der Waals surface area contributed by atoms with Gasteiger partial charge in [-0.05, 0) is 32.6 Å². The van der Waals surface area contributed by atoms with Gasteiger partial charge in [-0.3, -0.25) is 4.79 Å². The number of piperidine rings is 1. The molecule has 132 valence electrons. The molecule has 2 aliphatic rings. The van der Waals surface area contributed by atoms with E-state index in [1.807, 2.05) is 22.9 Å². The van der Waals surface area contributed by atoms with Gasteiger partial charge < -0.3 is 19.7 Å². The Morgan fingerprint density at radius 3 is 2.75 bits per heavy atom. The number of imidazole rings is 1. The molecule has 7 heteroatoms. The SMILES string of the molecule is Cc1nccn1CCCNC(=O)N1CCC(N2CCCC2=O)CC1. The van der Waals surface area contributed by atoms with Crippen molar-refractivity contribution < 1.29 is 9.59 Å². The molecule has 0 bridgehead atoms. The number of nitrogens with zero attached hydrogens (tertiary/aromatic N) is 4. The van der Waals surface area contributed by atoms with Gasteiger partial charge in [-0.1, -0.05) is 0 Å². The number of hydrogen-bond donors (Lipinski definition) is 1. The first-order valence-corrected chi connectivity index (χ1v) is 8.95. The van der Waals surface area contributed by atoms with Crippen molar-refractivity contribution in [3.8, 4) is 0 Å². The zero-order chi connectivity index (χ0) is 16.9. The van der Waals surface area contributed by atoms with Crippen LogP contribution in [0.25, 0.3) is 0 Å². The minimum absolute atomic E-state index is 0.0172. The molecule has 3 rings (SSSR count). The number of hydrogen-bond acceptors (Lipinski definition) is 3. The quantitative estimate of drug-likeness (QED) is 0.828. The predicted molar refractivity (Wildman–Crippen MR) is 90.5 cm³/mol. The van der Waals surface area contributed by atoms with Gasteiger partial charge in [0.05, 0.1) is 0 Å². The summed E-state index contributed by atoms with van der Waals surface area (Å²) in [4.78, 5) is 32.1. The lowest BCUT2D eigenvalue weighted by Gasteiger charge is -2.36. The minimum atomic E-state index is 0.0172. The van der Waals surface area contributed by atoms with Crippen LogP contribution in [0, 0.1) is 6.92 Å². The number of amides is 3. The zero-order valence-corrected chi connectivity index (χ0v) is 14.4. The molecule has 0 aromatic carbocycles. The lowest BCUT2D eigenvalue weighted by atomic mass is 10.0. The summed E-state index contributed by atoms with van der Waals surface area (Å²) in [6.45, 7) is 5.88. The first kappa shape index (κ1) is 16.8. The molecule has 1 aromatic rings. The molecule has 2 saturated heterocycles. The molecule has 1 aromatic heterocycles. The molecule has 3 heterocycles. The smallest absolute Gasteiger partial charge is 0.317 e. The van der Waals surface area contributed by atoms with E-state index in [1.54, 1.807) is 6.20 Å². The molecule has 2 aliphatic heterocycles. The molecule has 0 saturated carbocycles. The standard InChI is InChI=1S/C17H27N5O2/c1-14-18-8-13-20(14)9-3-7-19-17(24)21-11-5-15(6-12-21)22-10-2-4-16(22)23/h8,13,15H,2-7,9-12H2,1H3,(H,19,24). The van der Waals surface area contributed by atoms with Crippen LogP contribution >= 0.6 is 0 Å². The average Bonchev–Trinajstić information content (AvgIpc) is 3.20. The summed E-state index contributed by atoms with van der Waals surface area (Å²) >= 11 is 0. The summed E-state index contributed by atoms with van der Waals surface area (Å²) in [5.74, 6) is 1.28. The maximum Gasteiger partial charge on any atom is 0.317 e. The highest BCUT2D eigenvalue weighted by atomic mass is 16.2. The monoisotopic (exact) mass is 333 g/mol. The average molecular weight is 333 g/mol. The minimum Gasteiger partial charge on any atom is -0.340 e. The number of carbonyl (C=O) groups excluding carboxylic acids is 2. The number of likely N-dealkylation sites (tertiary alicyclic amines) is 2. The van der Waals surface area contributed by atoms with Gasteiger partial charge in [0, 0.05) is 57.6 Å². The summed E-state index contributed by atoms with van der Waals surface area (Å²) < 4.78 is 2.09. The highest BCUT2D eigenvalue weighted by molar-refractivity contribution is 5.78. The van der Waals surface area contributed by atoms with Crippen LogP contribution in [0.2, 0.25) is 0 Å². The van der Waals surface area contributed by atoms with Gasteiger partial charge >= 0.3 is 6.03 Å². The maximum absolute atomic E-state index is 12.2. The van der Waals surface area contributed by atoms with Gasteiger partial charge in [0.1, 0.15) is 5.82 Å². The predicted octanol–water partition coefficient (Wildman–Crippen LogP) is 1.38. The van der Waals surface area contributed by atoms with Crippen molar-refractivity contribution in [3.63, 3.8) is 0 Å². The Bertz CT molecular complexity index is 577. The molecule has 0 atom stereocenters. The van der Waals surface area contributed by atoms with Crippen LogP contribution in [0.15, 0.2) is 12.4 Å². The fraction of sp³-hybridized carbons (Fsp3) is 0.706. The Kier molecular flexibility index (Phi) is 5.37. The van der Waals surface area contributed by atoms with Crippen molar-refractivity contribution in [2.45, 2.75) is 51.6 Å². The highest BCUT2D eigenvalue weighted by Gasteiger charge is 2.31. The summed E-state index contributed by atoms with van der Waals surface area (Å²) in [6.07, 6.45) is 8.11. The number of aromatic nitrogens is 2. The van der Waals surface area contributed by atoms with Gasteiger partial charge in [0.25, 0.3) is 0 Å². The molecule has 24 heavy (non-hydrogen) atoms. The molecule has 0 spiro atoms. The fourth-order valence-corrected chi connectivity index (χ4v) is 3.63. The van der Waals surface area contributed by atoms with Gasteiger partial charge in [-0.15, -0.1) is 0 Å². The second kappa shape index (κ2) is 7.68. The Morgan fingerprint density at radius 2 is 2.12 bits per heavy atom. The third-order valence-electron chi connectivity index (χ3n) is 5.08. The Labute approximate surface area is 143 Å². The second-order valence-corrected chi connectivity index (χ2v) is 6.66. The summed E-state index contributed by atoms with van der Waals surface area (Å²) in [7, 11) is 0. The van der Waals surface area contributed by atoms with Gasteiger partial charge in [-0.25, -0.2) is 9.78 Å². The van der Waals surface area contributed by atoms with Gasteiger partial charge in [0.2, 0.25) is 5.91 Å². The topological polar surface area (TPSA) is 70.5 Å². The number of aryl methyl sites for hydroxylation is 2. The first-order valence-electron chi connectivity index (χ1n) is 8.95. The Morgan fingerprint density at radius 1 is 1.33 bits per heavy atom. The van der Waals surface area contributed by atoms with E-state index in [0.29, 0.717) is 19.0 Å². The van der Waals surface area contributed by atoms with Gasteiger partial charge in [-0.2, -0.15) is 0 Å². The van der Waals surface area contributed by atoms with Crippen LogP contribution in [0.3, 0.4) is 0 Å². The summed E-state index contributed by atoms with van der Waals surface area (Å²) in [5, 5.41) is 3.00. The number of nitrogens with one attached hydrogen (secondary N) is 1. The third kappa shape index (κ3) is 3.88. The largest absolute Gasteiger partial charge is 0.340 e. The van der Waals surface area contributed by atoms with Crippen molar-refractivity contribution in [1.29, 1.82) is 0 Å². The van der Waals surface area contributed by atoms with E-state index in [-0.39, 0.29) is 11.9 Å². The third-order valence-corrected chi connectivity index (χ3v) is 5.08. The molecule has 3 amide bonds. The van der Waals surface area contributed by atoms with Crippen LogP contribution in [0.5, 0.6) is 0 Å². The van der Waals surface area contributed by atoms with E-state index in [2.05, 4.69) is 14.9 Å². The summed E-state index contributed by atoms with van der Waals surface area (Å²) in [5.41, 5.74) is 0. The van der Waals surface area contributed by atoms with E-state index >= 15 is 0 Å². The normalized spacial score (nSPS) is 19.1. The lowest BCUT2D eigenvalue weighted by molar-refractivity contribution is -0.130. The van der Waals surface area contributed by atoms with Crippen molar-refractivity contribution in [3.05, 3.63) is 18.2 Å². The van der Waals surface area contributed by atoms with Crippen molar-refractivity contribution in [2.75, 3.05) is 26.2 Å². The van der Waals surface area contributed by atoms with Crippen molar-refractivity contribution >= 4 is 11.9 Å². The Hall–Kier alpha value is -2.05. The highest BCUT2D eigenvalue weighted by Crippen LogP contribution is 2.22. The Balaban J connectivity index is 1.34. The van der Waals surface area contributed by atoms with E-state index < -0.39 is 0 Å². The van der Waals surface area contributed by atoms with Crippen molar-refractivity contribution in [1.82, 2.24) is 24.7 Å².